The maximum Gasteiger partial charge on any atom is 0.305 e. The molecule has 0 spiro atoms. The van der Waals surface area contributed by atoms with Crippen LogP contribution in [0.5, 0.6) is 11.5 Å². The van der Waals surface area contributed by atoms with Gasteiger partial charge in [-0.3, -0.25) is 4.79 Å². The molecule has 3 nitrogen and oxygen atoms in total. The predicted molar refractivity (Wildman–Crippen MR) is 87.1 cm³/mol. The van der Waals surface area contributed by atoms with Crippen molar-refractivity contribution in [3.8, 4) is 11.5 Å². The van der Waals surface area contributed by atoms with Crippen LogP contribution in [-0.2, 0) is 16.0 Å². The highest BCUT2D eigenvalue weighted by Crippen LogP contribution is 2.21. The summed E-state index contributed by atoms with van der Waals surface area (Å²) < 4.78 is 10.7. The van der Waals surface area contributed by atoms with Crippen LogP contribution in [0.2, 0.25) is 0 Å². The Bertz CT molecular complexity index is 561. The third kappa shape index (κ3) is 5.60. The molecule has 3 heteroatoms. The van der Waals surface area contributed by atoms with Gasteiger partial charge in [0.05, 0.1) is 6.61 Å². The lowest BCUT2D eigenvalue weighted by atomic mass is 10.1. The van der Waals surface area contributed by atoms with E-state index >= 15 is 0 Å². The van der Waals surface area contributed by atoms with Crippen LogP contribution in [0.1, 0.15) is 31.7 Å². The van der Waals surface area contributed by atoms with Crippen molar-refractivity contribution in [2.75, 3.05) is 6.61 Å². The number of unbranched alkanes of at least 4 members (excludes halogenated alkanes) is 1. The second-order valence-electron chi connectivity index (χ2n) is 5.07. The van der Waals surface area contributed by atoms with E-state index in [9.17, 15) is 4.79 Å². The van der Waals surface area contributed by atoms with E-state index in [1.165, 1.54) is 5.56 Å². The summed E-state index contributed by atoms with van der Waals surface area (Å²) in [7, 11) is 0. The van der Waals surface area contributed by atoms with Crippen LogP contribution >= 0.6 is 0 Å². The van der Waals surface area contributed by atoms with Crippen molar-refractivity contribution in [1.82, 2.24) is 0 Å². The Hall–Kier alpha value is -2.29. The summed E-state index contributed by atoms with van der Waals surface area (Å²) in [5, 5.41) is 0. The maximum atomic E-state index is 11.2. The molecule has 0 fully saturated rings. The van der Waals surface area contributed by atoms with E-state index in [-0.39, 0.29) is 5.97 Å². The number of ether oxygens (including phenoxy) is 2. The molecule has 0 heterocycles. The molecule has 0 aliphatic carbocycles. The van der Waals surface area contributed by atoms with Gasteiger partial charge in [-0.2, -0.15) is 0 Å². The zero-order chi connectivity index (χ0) is 15.6. The van der Waals surface area contributed by atoms with E-state index in [0.29, 0.717) is 13.0 Å². The number of hydrogen-bond donors (Lipinski definition) is 0. The van der Waals surface area contributed by atoms with Crippen LogP contribution in [0, 0.1) is 0 Å². The van der Waals surface area contributed by atoms with Gasteiger partial charge >= 0.3 is 5.97 Å². The fourth-order valence-corrected chi connectivity index (χ4v) is 2.18. The van der Waals surface area contributed by atoms with Gasteiger partial charge in [-0.1, -0.05) is 30.3 Å². The van der Waals surface area contributed by atoms with Gasteiger partial charge < -0.3 is 9.47 Å². The Balaban J connectivity index is 1.74. The molecule has 0 N–H and O–H groups in total. The number of carbonyl (C=O) groups is 1. The van der Waals surface area contributed by atoms with Gasteiger partial charge in [0.15, 0.2) is 0 Å². The van der Waals surface area contributed by atoms with Crippen molar-refractivity contribution in [3.05, 3.63) is 60.2 Å². The smallest absolute Gasteiger partial charge is 0.305 e. The number of aryl methyl sites for hydroxylation is 1. The van der Waals surface area contributed by atoms with Crippen LogP contribution in [0.4, 0.5) is 0 Å². The first-order chi connectivity index (χ1) is 10.8. The molecule has 0 amide bonds. The Morgan fingerprint density at radius 1 is 0.909 bits per heavy atom. The second kappa shape index (κ2) is 8.88. The zero-order valence-corrected chi connectivity index (χ0v) is 13.0. The molecule has 2 aromatic carbocycles. The van der Waals surface area contributed by atoms with Crippen LogP contribution in [0.25, 0.3) is 0 Å². The molecule has 0 bridgehead atoms. The number of benzene rings is 2. The van der Waals surface area contributed by atoms with Crippen molar-refractivity contribution in [3.63, 3.8) is 0 Å². The van der Waals surface area contributed by atoms with E-state index in [2.05, 4.69) is 12.1 Å². The number of esters is 1. The van der Waals surface area contributed by atoms with Crippen molar-refractivity contribution in [2.45, 2.75) is 32.6 Å². The second-order valence-corrected chi connectivity index (χ2v) is 5.07. The third-order valence-electron chi connectivity index (χ3n) is 3.30. The van der Waals surface area contributed by atoms with E-state index in [1.807, 2.05) is 49.4 Å². The molecule has 0 saturated carbocycles. The number of rotatable bonds is 8. The molecule has 0 unspecified atom stereocenters. The van der Waals surface area contributed by atoms with Gasteiger partial charge in [-0.05, 0) is 56.0 Å². The van der Waals surface area contributed by atoms with Gasteiger partial charge in [0.25, 0.3) is 0 Å². The van der Waals surface area contributed by atoms with Gasteiger partial charge in [0.1, 0.15) is 11.5 Å². The van der Waals surface area contributed by atoms with E-state index < -0.39 is 0 Å². The average molecular weight is 298 g/mol. The van der Waals surface area contributed by atoms with Crippen molar-refractivity contribution in [2.24, 2.45) is 0 Å². The maximum absolute atomic E-state index is 11.2. The molecule has 0 aromatic heterocycles. The highest BCUT2D eigenvalue weighted by molar-refractivity contribution is 5.69. The minimum Gasteiger partial charge on any atom is -0.466 e. The van der Waals surface area contributed by atoms with Crippen molar-refractivity contribution in [1.29, 1.82) is 0 Å². The average Bonchev–Trinajstić information content (AvgIpc) is 2.54. The summed E-state index contributed by atoms with van der Waals surface area (Å²) in [6.07, 6.45) is 3.31. The normalized spacial score (nSPS) is 10.2. The monoisotopic (exact) mass is 298 g/mol. The first-order valence-corrected chi connectivity index (χ1v) is 7.75. The van der Waals surface area contributed by atoms with E-state index in [0.717, 1.165) is 30.8 Å². The minimum absolute atomic E-state index is 0.103. The molecule has 2 rings (SSSR count). The number of hydrogen-bond acceptors (Lipinski definition) is 3. The summed E-state index contributed by atoms with van der Waals surface area (Å²) in [5.41, 5.74) is 1.25. The predicted octanol–water partition coefficient (Wildman–Crippen LogP) is 4.75. The van der Waals surface area contributed by atoms with E-state index in [1.54, 1.807) is 0 Å². The van der Waals surface area contributed by atoms with Crippen LogP contribution < -0.4 is 4.74 Å². The van der Waals surface area contributed by atoms with Crippen LogP contribution in [0.15, 0.2) is 54.6 Å². The van der Waals surface area contributed by atoms with Crippen molar-refractivity contribution >= 4 is 5.97 Å². The molecule has 0 saturated heterocycles. The minimum atomic E-state index is -0.103. The quantitative estimate of drug-likeness (QED) is 0.521. The fourth-order valence-electron chi connectivity index (χ4n) is 2.18. The van der Waals surface area contributed by atoms with Gasteiger partial charge in [0.2, 0.25) is 0 Å². The number of carbonyl (C=O) groups excluding carboxylic acids is 1. The first kappa shape index (κ1) is 16.1. The molecule has 0 radical (unpaired) electrons. The molecule has 2 aromatic rings. The largest absolute Gasteiger partial charge is 0.466 e. The number of para-hydroxylation sites is 1. The summed E-state index contributed by atoms with van der Waals surface area (Å²) in [4.78, 5) is 11.2. The Morgan fingerprint density at radius 2 is 1.59 bits per heavy atom. The highest BCUT2D eigenvalue weighted by Gasteiger charge is 2.02. The SMILES string of the molecule is CCOC(=O)CCCCc1ccc(Oc2ccccc2)cc1. The fraction of sp³-hybridized carbons (Fsp3) is 0.316. The summed E-state index contributed by atoms with van der Waals surface area (Å²) >= 11 is 0. The molecule has 22 heavy (non-hydrogen) atoms. The molecule has 116 valence electrons. The third-order valence-corrected chi connectivity index (χ3v) is 3.30. The molecular formula is C19H22O3. The summed E-state index contributed by atoms with van der Waals surface area (Å²) in [5.74, 6) is 1.57. The van der Waals surface area contributed by atoms with Gasteiger partial charge in [0, 0.05) is 6.42 Å². The molecule has 0 aliphatic rings. The van der Waals surface area contributed by atoms with Gasteiger partial charge in [-0.25, -0.2) is 0 Å². The standard InChI is InChI=1S/C19H22O3/c1-2-21-19(20)11-7-6-8-16-12-14-18(15-13-16)22-17-9-4-3-5-10-17/h3-5,9-10,12-15H,2,6-8,11H2,1H3. The van der Waals surface area contributed by atoms with E-state index in [4.69, 9.17) is 9.47 Å². The summed E-state index contributed by atoms with van der Waals surface area (Å²) in [6, 6.07) is 17.8. The lowest BCUT2D eigenvalue weighted by Gasteiger charge is -2.07. The summed E-state index contributed by atoms with van der Waals surface area (Å²) in [6.45, 7) is 2.29. The Kier molecular flexibility index (Phi) is 6.49. The first-order valence-electron chi connectivity index (χ1n) is 7.75. The lowest BCUT2D eigenvalue weighted by Crippen LogP contribution is -2.03. The zero-order valence-electron chi connectivity index (χ0n) is 13.0. The lowest BCUT2D eigenvalue weighted by molar-refractivity contribution is -0.143. The Morgan fingerprint density at radius 3 is 2.27 bits per heavy atom. The highest BCUT2D eigenvalue weighted by atomic mass is 16.5. The topological polar surface area (TPSA) is 35.5 Å². The van der Waals surface area contributed by atoms with Crippen molar-refractivity contribution < 1.29 is 14.3 Å². The Labute approximate surface area is 131 Å². The van der Waals surface area contributed by atoms with Gasteiger partial charge in [-0.15, -0.1) is 0 Å². The van der Waals surface area contributed by atoms with Crippen LogP contribution in [-0.4, -0.2) is 12.6 Å². The molecular weight excluding hydrogens is 276 g/mol. The van der Waals surface area contributed by atoms with Crippen LogP contribution in [0.3, 0.4) is 0 Å². The molecule has 0 aliphatic heterocycles. The molecule has 0 atom stereocenters.